The van der Waals surface area contributed by atoms with Crippen LogP contribution >= 0.6 is 0 Å². The molecule has 1 N–H and O–H groups in total. The van der Waals surface area contributed by atoms with E-state index < -0.39 is 6.10 Å². The fourth-order valence-corrected chi connectivity index (χ4v) is 2.16. The van der Waals surface area contributed by atoms with Crippen LogP contribution in [0.2, 0.25) is 0 Å². The van der Waals surface area contributed by atoms with Crippen LogP contribution in [0.1, 0.15) is 35.5 Å². The van der Waals surface area contributed by atoms with Gasteiger partial charge in [0.15, 0.2) is 0 Å². The number of pyridine rings is 1. The number of hydrogen-bond acceptors (Lipinski definition) is 4. The minimum atomic E-state index is -0.569. The molecule has 21 heavy (non-hydrogen) atoms. The molecule has 4 nitrogen and oxygen atoms in total. The highest BCUT2D eigenvalue weighted by Gasteiger charge is 2.10. The van der Waals surface area contributed by atoms with Gasteiger partial charge in [0, 0.05) is 23.4 Å². The zero-order valence-corrected chi connectivity index (χ0v) is 12.9. The van der Waals surface area contributed by atoms with Crippen LogP contribution < -0.4 is 9.47 Å². The lowest BCUT2D eigenvalue weighted by atomic mass is 10.1. The highest BCUT2D eigenvalue weighted by molar-refractivity contribution is 5.38. The van der Waals surface area contributed by atoms with E-state index in [2.05, 4.69) is 4.98 Å². The van der Waals surface area contributed by atoms with E-state index in [1.165, 1.54) is 0 Å². The van der Waals surface area contributed by atoms with Gasteiger partial charge in [-0.05, 0) is 32.4 Å². The molecule has 1 unspecified atom stereocenters. The molecule has 0 spiro atoms. The number of nitrogens with zero attached hydrogens (tertiary/aromatic N) is 1. The topological polar surface area (TPSA) is 51.6 Å². The second-order valence-corrected chi connectivity index (χ2v) is 5.15. The van der Waals surface area contributed by atoms with Crippen LogP contribution in [0.5, 0.6) is 11.5 Å². The molecule has 0 radical (unpaired) electrons. The van der Waals surface area contributed by atoms with Gasteiger partial charge in [0.05, 0.1) is 18.9 Å². The molecule has 1 heterocycles. The van der Waals surface area contributed by atoms with Gasteiger partial charge in [0.25, 0.3) is 0 Å². The van der Waals surface area contributed by atoms with E-state index in [0.29, 0.717) is 12.4 Å². The molecule has 1 atom stereocenters. The first-order valence-electron chi connectivity index (χ1n) is 6.92. The Morgan fingerprint density at radius 1 is 1.19 bits per heavy atom. The van der Waals surface area contributed by atoms with E-state index in [-0.39, 0.29) is 0 Å². The van der Waals surface area contributed by atoms with E-state index >= 15 is 0 Å². The largest absolute Gasteiger partial charge is 0.497 e. The lowest BCUT2D eigenvalue weighted by Gasteiger charge is -2.14. The molecule has 1 aromatic carbocycles. The average Bonchev–Trinajstić information content (AvgIpc) is 2.44. The summed E-state index contributed by atoms with van der Waals surface area (Å²) >= 11 is 0. The van der Waals surface area contributed by atoms with Gasteiger partial charge < -0.3 is 14.6 Å². The number of methoxy groups -OCH3 is 1. The van der Waals surface area contributed by atoms with Gasteiger partial charge in [-0.2, -0.15) is 0 Å². The number of benzene rings is 1. The van der Waals surface area contributed by atoms with Crippen molar-refractivity contribution in [2.45, 2.75) is 33.5 Å². The molecule has 0 aliphatic rings. The number of aliphatic hydroxyl groups is 1. The van der Waals surface area contributed by atoms with Crippen LogP contribution in [-0.4, -0.2) is 17.2 Å². The maximum atomic E-state index is 9.80. The second kappa shape index (κ2) is 6.59. The van der Waals surface area contributed by atoms with Gasteiger partial charge >= 0.3 is 0 Å². The molecule has 0 amide bonds. The highest BCUT2D eigenvalue weighted by Crippen LogP contribution is 2.27. The predicted molar refractivity (Wildman–Crippen MR) is 81.7 cm³/mol. The SMILES string of the molecule is COc1cc(C)nc(COc2cc(C)ccc2C(C)O)c1. The fourth-order valence-electron chi connectivity index (χ4n) is 2.16. The third kappa shape index (κ3) is 3.95. The van der Waals surface area contributed by atoms with Crippen molar-refractivity contribution in [3.63, 3.8) is 0 Å². The second-order valence-electron chi connectivity index (χ2n) is 5.15. The first-order chi connectivity index (χ1) is 9.99. The third-order valence-corrected chi connectivity index (χ3v) is 3.21. The maximum absolute atomic E-state index is 9.80. The summed E-state index contributed by atoms with van der Waals surface area (Å²) in [5.74, 6) is 1.45. The van der Waals surface area contributed by atoms with Gasteiger partial charge in [-0.15, -0.1) is 0 Å². The number of aromatic nitrogens is 1. The van der Waals surface area contributed by atoms with Gasteiger partial charge in [0.2, 0.25) is 0 Å². The van der Waals surface area contributed by atoms with Gasteiger partial charge in [-0.1, -0.05) is 12.1 Å². The molecule has 2 rings (SSSR count). The number of aryl methyl sites for hydroxylation is 2. The summed E-state index contributed by atoms with van der Waals surface area (Å²) in [7, 11) is 1.63. The van der Waals surface area contributed by atoms with E-state index in [1.807, 2.05) is 44.2 Å². The van der Waals surface area contributed by atoms with Crippen molar-refractivity contribution in [1.82, 2.24) is 4.98 Å². The predicted octanol–water partition coefficient (Wildman–Crippen LogP) is 3.34. The maximum Gasteiger partial charge on any atom is 0.130 e. The number of ether oxygens (including phenoxy) is 2. The molecule has 0 bridgehead atoms. The molecular weight excluding hydrogens is 266 g/mol. The summed E-state index contributed by atoms with van der Waals surface area (Å²) in [6.07, 6.45) is -0.569. The average molecular weight is 287 g/mol. The smallest absolute Gasteiger partial charge is 0.130 e. The van der Waals surface area contributed by atoms with Crippen molar-refractivity contribution >= 4 is 0 Å². The summed E-state index contributed by atoms with van der Waals surface area (Å²) < 4.78 is 11.1. The van der Waals surface area contributed by atoms with Crippen molar-refractivity contribution in [2.75, 3.05) is 7.11 Å². The normalized spacial score (nSPS) is 12.0. The first-order valence-corrected chi connectivity index (χ1v) is 6.92. The Morgan fingerprint density at radius 3 is 2.62 bits per heavy atom. The monoisotopic (exact) mass is 287 g/mol. The van der Waals surface area contributed by atoms with E-state index in [9.17, 15) is 5.11 Å². The molecule has 0 aliphatic heterocycles. The first kappa shape index (κ1) is 15.3. The molecular formula is C17H21NO3. The molecule has 1 aromatic heterocycles. The van der Waals surface area contributed by atoms with Crippen molar-refractivity contribution < 1.29 is 14.6 Å². The number of rotatable bonds is 5. The van der Waals surface area contributed by atoms with Crippen molar-refractivity contribution in [3.8, 4) is 11.5 Å². The van der Waals surface area contributed by atoms with Crippen LogP contribution in [0.25, 0.3) is 0 Å². The van der Waals surface area contributed by atoms with Crippen molar-refractivity contribution in [3.05, 3.63) is 52.8 Å². The number of hydrogen-bond donors (Lipinski definition) is 1. The minimum absolute atomic E-state index is 0.335. The zero-order chi connectivity index (χ0) is 15.4. The summed E-state index contributed by atoms with van der Waals surface area (Å²) in [5, 5.41) is 9.80. The lowest BCUT2D eigenvalue weighted by molar-refractivity contribution is 0.189. The lowest BCUT2D eigenvalue weighted by Crippen LogP contribution is -2.04. The standard InChI is InChI=1S/C17H21NO3/c1-11-5-6-16(13(3)19)17(7-11)21-10-14-9-15(20-4)8-12(2)18-14/h5-9,13,19H,10H2,1-4H3. The van der Waals surface area contributed by atoms with Crippen LogP contribution in [0.3, 0.4) is 0 Å². The molecule has 2 aromatic rings. The van der Waals surface area contributed by atoms with E-state index in [1.54, 1.807) is 14.0 Å². The third-order valence-electron chi connectivity index (χ3n) is 3.21. The quantitative estimate of drug-likeness (QED) is 0.916. The summed E-state index contributed by atoms with van der Waals surface area (Å²) in [6, 6.07) is 9.50. The Kier molecular flexibility index (Phi) is 4.81. The Hall–Kier alpha value is -2.07. The van der Waals surface area contributed by atoms with Crippen molar-refractivity contribution in [1.29, 1.82) is 0 Å². The molecule has 0 saturated carbocycles. The van der Waals surface area contributed by atoms with Crippen LogP contribution in [0, 0.1) is 13.8 Å². The van der Waals surface area contributed by atoms with Gasteiger partial charge in [0.1, 0.15) is 18.1 Å². The van der Waals surface area contributed by atoms with Crippen LogP contribution in [0.15, 0.2) is 30.3 Å². The number of aliphatic hydroxyl groups excluding tert-OH is 1. The van der Waals surface area contributed by atoms with Gasteiger partial charge in [-0.3, -0.25) is 4.98 Å². The minimum Gasteiger partial charge on any atom is -0.497 e. The van der Waals surface area contributed by atoms with Crippen molar-refractivity contribution in [2.24, 2.45) is 0 Å². The summed E-state index contributed by atoms with van der Waals surface area (Å²) in [6.45, 7) is 5.97. The Morgan fingerprint density at radius 2 is 1.95 bits per heavy atom. The molecule has 112 valence electrons. The van der Waals surface area contributed by atoms with Crippen LogP contribution in [-0.2, 0) is 6.61 Å². The highest BCUT2D eigenvalue weighted by atomic mass is 16.5. The Balaban J connectivity index is 2.20. The molecule has 0 aliphatic carbocycles. The summed E-state index contributed by atoms with van der Waals surface area (Å²) in [5.41, 5.74) is 3.54. The van der Waals surface area contributed by atoms with Gasteiger partial charge in [-0.25, -0.2) is 0 Å². The Labute approximate surface area is 125 Å². The van der Waals surface area contributed by atoms with E-state index in [0.717, 1.165) is 28.3 Å². The van der Waals surface area contributed by atoms with E-state index in [4.69, 9.17) is 9.47 Å². The fraction of sp³-hybridized carbons (Fsp3) is 0.353. The summed E-state index contributed by atoms with van der Waals surface area (Å²) in [4.78, 5) is 4.43. The zero-order valence-electron chi connectivity index (χ0n) is 12.9. The van der Waals surface area contributed by atoms with Crippen LogP contribution in [0.4, 0.5) is 0 Å². The Bertz CT molecular complexity index is 623. The molecule has 4 heteroatoms. The molecule has 0 fully saturated rings. The molecule has 0 saturated heterocycles.